The van der Waals surface area contributed by atoms with Crippen LogP contribution in [0.1, 0.15) is 28.9 Å². The zero-order valence-corrected chi connectivity index (χ0v) is 17.2. The molecule has 1 amide bonds. The fourth-order valence-corrected chi connectivity index (χ4v) is 3.26. The summed E-state index contributed by atoms with van der Waals surface area (Å²) in [5.41, 5.74) is -0.965. The van der Waals surface area contributed by atoms with Gasteiger partial charge in [-0.05, 0) is 36.8 Å². The van der Waals surface area contributed by atoms with Crippen molar-refractivity contribution in [3.63, 3.8) is 0 Å². The fraction of sp³-hybridized carbons (Fsp3) is 0.286. The number of carbonyl (C=O) groups excluding carboxylic acids is 1. The number of carbonyl (C=O) groups is 2. The summed E-state index contributed by atoms with van der Waals surface area (Å²) in [6.45, 7) is 1.50. The zero-order valence-electron chi connectivity index (χ0n) is 17.2. The summed E-state index contributed by atoms with van der Waals surface area (Å²) < 4.78 is 72.9. The number of benzene rings is 2. The number of hydrogen-bond donors (Lipinski definition) is 2. The molecule has 0 aromatic heterocycles. The lowest BCUT2D eigenvalue weighted by molar-refractivity contribution is -0.129. The van der Waals surface area contributed by atoms with E-state index in [1.807, 2.05) is 0 Å². The minimum Gasteiger partial charge on any atom is -0.478 e. The summed E-state index contributed by atoms with van der Waals surface area (Å²) in [6.07, 6.45) is -6.55. The molecule has 0 spiro atoms. The van der Waals surface area contributed by atoms with Gasteiger partial charge in [0.1, 0.15) is 11.7 Å². The Morgan fingerprint density at radius 3 is 2.30 bits per heavy atom. The number of hydrazone groups is 1. The second kappa shape index (κ2) is 9.04. The summed E-state index contributed by atoms with van der Waals surface area (Å²) in [7, 11) is 1.15. The Morgan fingerprint density at radius 1 is 1.12 bits per heavy atom. The molecule has 0 radical (unpaired) electrons. The van der Waals surface area contributed by atoms with Gasteiger partial charge in [0.15, 0.2) is 17.3 Å². The number of rotatable bonds is 6. The van der Waals surface area contributed by atoms with E-state index >= 15 is 0 Å². The van der Waals surface area contributed by atoms with Crippen molar-refractivity contribution in [3.05, 3.63) is 65.2 Å². The van der Waals surface area contributed by atoms with E-state index < -0.39 is 53.6 Å². The van der Waals surface area contributed by atoms with E-state index in [1.165, 1.54) is 31.2 Å². The molecule has 1 aliphatic rings. The number of aromatic carboxylic acids is 1. The van der Waals surface area contributed by atoms with Crippen LogP contribution in [0, 0.1) is 17.6 Å². The molecule has 33 heavy (non-hydrogen) atoms. The van der Waals surface area contributed by atoms with Gasteiger partial charge in [-0.15, -0.1) is 0 Å². The Balaban J connectivity index is 1.85. The number of carboxylic acid groups (broad SMARTS) is 1. The molecule has 2 aromatic rings. The molecule has 1 heterocycles. The lowest BCUT2D eigenvalue weighted by Gasteiger charge is -2.27. The van der Waals surface area contributed by atoms with Crippen molar-refractivity contribution in [1.82, 2.24) is 10.3 Å². The average molecular weight is 471 g/mol. The molecule has 1 aliphatic heterocycles. The van der Waals surface area contributed by atoms with Crippen molar-refractivity contribution in [1.29, 1.82) is 0 Å². The van der Waals surface area contributed by atoms with Crippen molar-refractivity contribution < 1.29 is 41.4 Å². The molecule has 0 saturated heterocycles. The molecule has 3 rings (SSSR count). The van der Waals surface area contributed by atoms with E-state index in [-0.39, 0.29) is 11.3 Å². The molecule has 0 bridgehead atoms. The van der Waals surface area contributed by atoms with Gasteiger partial charge in [-0.25, -0.2) is 13.6 Å². The minimum absolute atomic E-state index is 0.00109. The van der Waals surface area contributed by atoms with E-state index in [1.54, 1.807) is 0 Å². The van der Waals surface area contributed by atoms with Gasteiger partial charge >= 0.3 is 12.1 Å². The third-order valence-corrected chi connectivity index (χ3v) is 4.95. The number of hydrogen-bond acceptors (Lipinski definition) is 5. The quantitative estimate of drug-likeness (QED) is 0.627. The minimum atomic E-state index is -4.96. The number of nitrogens with zero attached hydrogens (tertiary/aromatic N) is 2. The summed E-state index contributed by atoms with van der Waals surface area (Å²) >= 11 is 0. The van der Waals surface area contributed by atoms with Crippen LogP contribution in [0.25, 0.3) is 0 Å². The normalized spacial score (nSPS) is 19.1. The van der Waals surface area contributed by atoms with Crippen LogP contribution in [0.2, 0.25) is 0 Å². The fourth-order valence-electron chi connectivity index (χ4n) is 3.26. The van der Waals surface area contributed by atoms with Gasteiger partial charge in [0.2, 0.25) is 12.1 Å². The van der Waals surface area contributed by atoms with Gasteiger partial charge in [-0.3, -0.25) is 9.80 Å². The van der Waals surface area contributed by atoms with E-state index in [0.29, 0.717) is 11.6 Å². The van der Waals surface area contributed by atoms with E-state index in [9.17, 15) is 31.5 Å². The average Bonchev–Trinajstić information content (AvgIpc) is 3.07. The highest BCUT2D eigenvalue weighted by Crippen LogP contribution is 2.33. The predicted octanol–water partition coefficient (Wildman–Crippen LogP) is 3.73. The lowest BCUT2D eigenvalue weighted by Crippen LogP contribution is -2.48. The summed E-state index contributed by atoms with van der Waals surface area (Å²) in [5, 5.41) is 15.6. The monoisotopic (exact) mass is 471 g/mol. The molecule has 0 aliphatic carbocycles. The maximum atomic E-state index is 13.6. The van der Waals surface area contributed by atoms with Gasteiger partial charge in [-0.1, -0.05) is 12.1 Å². The maximum Gasteiger partial charge on any atom is 0.432 e. The van der Waals surface area contributed by atoms with Gasteiger partial charge in [-0.2, -0.15) is 18.3 Å². The Labute approximate surface area is 184 Å². The lowest BCUT2D eigenvalue weighted by atomic mass is 9.99. The molecule has 0 fully saturated rings. The third-order valence-electron chi connectivity index (χ3n) is 4.95. The molecule has 176 valence electrons. The molecular weight excluding hydrogens is 453 g/mol. The number of amides is 1. The smallest absolute Gasteiger partial charge is 0.432 e. The van der Waals surface area contributed by atoms with Crippen molar-refractivity contribution in [2.75, 3.05) is 7.05 Å². The zero-order chi connectivity index (χ0) is 24.5. The second-order valence-corrected chi connectivity index (χ2v) is 7.28. The molecule has 0 saturated carbocycles. The Kier molecular flexibility index (Phi) is 6.56. The molecular formula is C21H18F5N3O4. The molecule has 2 unspecified atom stereocenters. The largest absolute Gasteiger partial charge is 0.478 e. The standard InChI is InChI=1S/C21H18F5N3O4/c1-10(11-3-5-12(6-4-11)20(31)32)27-18(30)16-17(21(24,25)26)28-29(2)19(16)33-13-7-8-14(22)15(23)9-13/h3-10,16,19H,1-2H3,(H,27,30)(H,31,32)/t10-,16?,19?/m0/s1. The highest BCUT2D eigenvalue weighted by molar-refractivity contribution is 6.08. The first-order valence-corrected chi connectivity index (χ1v) is 9.52. The highest BCUT2D eigenvalue weighted by Gasteiger charge is 2.54. The highest BCUT2D eigenvalue weighted by atomic mass is 19.4. The van der Waals surface area contributed by atoms with E-state index in [0.717, 1.165) is 24.2 Å². The summed E-state index contributed by atoms with van der Waals surface area (Å²) in [4.78, 5) is 23.9. The molecule has 2 aromatic carbocycles. The summed E-state index contributed by atoms with van der Waals surface area (Å²) in [6, 6.07) is 7.04. The first kappa shape index (κ1) is 24.0. The first-order chi connectivity index (χ1) is 15.4. The third kappa shape index (κ3) is 5.21. The van der Waals surface area contributed by atoms with Crippen molar-refractivity contribution in [2.24, 2.45) is 11.0 Å². The second-order valence-electron chi connectivity index (χ2n) is 7.28. The molecule has 2 N–H and O–H groups in total. The first-order valence-electron chi connectivity index (χ1n) is 9.52. The summed E-state index contributed by atoms with van der Waals surface area (Å²) in [5.74, 6) is -6.91. The van der Waals surface area contributed by atoms with E-state index in [2.05, 4.69) is 10.4 Å². The number of nitrogens with one attached hydrogen (secondary N) is 1. The van der Waals surface area contributed by atoms with E-state index in [4.69, 9.17) is 9.84 Å². The van der Waals surface area contributed by atoms with Crippen LogP contribution >= 0.6 is 0 Å². The molecule has 3 atom stereocenters. The van der Waals surface area contributed by atoms with Gasteiger partial charge in [0.05, 0.1) is 11.6 Å². The SMILES string of the molecule is C[C@H](NC(=O)C1C(C(F)(F)F)=NN(C)C1Oc1ccc(F)c(F)c1)c1ccc(C(=O)O)cc1. The number of ether oxygens (including phenoxy) is 1. The molecule has 12 heteroatoms. The van der Waals surface area contributed by atoms with Gasteiger partial charge in [0, 0.05) is 13.1 Å². The number of halogens is 5. The van der Waals surface area contributed by atoms with Crippen LogP contribution in [0.3, 0.4) is 0 Å². The van der Waals surface area contributed by atoms with Crippen LogP contribution in [0.15, 0.2) is 47.6 Å². The number of alkyl halides is 3. The van der Waals surface area contributed by atoms with Gasteiger partial charge < -0.3 is 15.2 Å². The Morgan fingerprint density at radius 2 is 1.76 bits per heavy atom. The topological polar surface area (TPSA) is 91.2 Å². The Hall–Kier alpha value is -3.70. The van der Waals surface area contributed by atoms with Crippen LogP contribution < -0.4 is 10.1 Å². The van der Waals surface area contributed by atoms with Crippen molar-refractivity contribution in [3.8, 4) is 5.75 Å². The van der Waals surface area contributed by atoms with Crippen LogP contribution in [-0.4, -0.2) is 47.2 Å². The predicted molar refractivity (Wildman–Crippen MR) is 105 cm³/mol. The number of carboxylic acids is 1. The van der Waals surface area contributed by atoms with Crippen LogP contribution in [0.5, 0.6) is 5.75 Å². The maximum absolute atomic E-state index is 13.6. The van der Waals surface area contributed by atoms with Crippen molar-refractivity contribution >= 4 is 17.6 Å². The van der Waals surface area contributed by atoms with Crippen LogP contribution in [-0.2, 0) is 4.79 Å². The molecule has 7 nitrogen and oxygen atoms in total. The van der Waals surface area contributed by atoms with Crippen molar-refractivity contribution in [2.45, 2.75) is 25.4 Å². The Bertz CT molecular complexity index is 1090. The van der Waals surface area contributed by atoms with Crippen LogP contribution in [0.4, 0.5) is 22.0 Å². The van der Waals surface area contributed by atoms with Gasteiger partial charge in [0.25, 0.3) is 0 Å².